The maximum Gasteiger partial charge on any atom is 0.146 e. The second-order valence-electron chi connectivity index (χ2n) is 4.46. The van der Waals surface area contributed by atoms with Crippen molar-refractivity contribution in [2.45, 2.75) is 6.54 Å². The zero-order valence-electron chi connectivity index (χ0n) is 9.95. The third-order valence-corrected chi connectivity index (χ3v) is 4.20. The van der Waals surface area contributed by atoms with Gasteiger partial charge >= 0.3 is 0 Å². The van der Waals surface area contributed by atoms with Gasteiger partial charge in [-0.25, -0.2) is 0 Å². The largest absolute Gasteiger partial charge is 0.489 e. The molecule has 0 radical (unpaired) electrons. The van der Waals surface area contributed by atoms with Gasteiger partial charge in [-0.05, 0) is 6.07 Å². The first-order valence-corrected chi connectivity index (χ1v) is 7.37. The number of hydrogen-bond donors (Lipinski definition) is 1. The van der Waals surface area contributed by atoms with Gasteiger partial charge < -0.3 is 10.1 Å². The Hall–Kier alpha value is -0.870. The molecule has 0 atom stereocenters. The summed E-state index contributed by atoms with van der Waals surface area (Å²) in [4.78, 5) is 2.52. The Morgan fingerprint density at radius 2 is 2.18 bits per heavy atom. The summed E-state index contributed by atoms with van der Waals surface area (Å²) in [6, 6.07) is 6.41. The number of anilines is 1. The molecule has 1 fully saturated rings. The van der Waals surface area contributed by atoms with E-state index in [4.69, 9.17) is 4.74 Å². The van der Waals surface area contributed by atoms with Crippen LogP contribution in [0.2, 0.25) is 0 Å². The van der Waals surface area contributed by atoms with Crippen LogP contribution in [0.1, 0.15) is 5.56 Å². The van der Waals surface area contributed by atoms with Gasteiger partial charge in [-0.15, -0.1) is 0 Å². The molecule has 3 rings (SSSR count). The van der Waals surface area contributed by atoms with Gasteiger partial charge in [-0.1, -0.05) is 12.1 Å². The van der Waals surface area contributed by atoms with Gasteiger partial charge in [0.2, 0.25) is 0 Å². The molecule has 0 aliphatic carbocycles. The number of fused-ring (bicyclic) bond motifs is 1. The molecule has 0 amide bonds. The average Bonchev–Trinajstić information content (AvgIpc) is 2.40. The van der Waals surface area contributed by atoms with Crippen molar-refractivity contribution in [1.82, 2.24) is 4.90 Å². The van der Waals surface area contributed by atoms with Gasteiger partial charge in [0.25, 0.3) is 0 Å². The molecule has 92 valence electrons. The highest BCUT2D eigenvalue weighted by Gasteiger charge is 2.17. The Balaban J connectivity index is 1.77. The standard InChI is InChI=1S/C13H18N2OS/c1-2-11(10-15-5-8-17-9-6-15)13-12(3-1)14-4-7-16-13/h1-3,14H,4-10H2. The highest BCUT2D eigenvalue weighted by molar-refractivity contribution is 7.99. The topological polar surface area (TPSA) is 24.5 Å². The highest BCUT2D eigenvalue weighted by atomic mass is 32.2. The Bertz CT molecular complexity index is 391. The molecule has 0 saturated carbocycles. The van der Waals surface area contributed by atoms with Crippen LogP contribution >= 0.6 is 11.8 Å². The summed E-state index contributed by atoms with van der Waals surface area (Å²) < 4.78 is 5.80. The van der Waals surface area contributed by atoms with Crippen LogP contribution in [0, 0.1) is 0 Å². The second-order valence-corrected chi connectivity index (χ2v) is 5.68. The summed E-state index contributed by atoms with van der Waals surface area (Å²) >= 11 is 2.05. The van der Waals surface area contributed by atoms with Crippen molar-refractivity contribution in [3.63, 3.8) is 0 Å². The fourth-order valence-corrected chi connectivity index (χ4v) is 3.34. The number of nitrogens with one attached hydrogen (secondary N) is 1. The van der Waals surface area contributed by atoms with Crippen molar-refractivity contribution in [1.29, 1.82) is 0 Å². The Labute approximate surface area is 107 Å². The molecule has 1 aromatic carbocycles. The monoisotopic (exact) mass is 250 g/mol. The SMILES string of the molecule is c1cc(CN2CCSCC2)c2c(c1)NCCO2. The molecule has 0 aromatic heterocycles. The number of ether oxygens (including phenoxy) is 1. The summed E-state index contributed by atoms with van der Waals surface area (Å²) in [6.07, 6.45) is 0. The van der Waals surface area contributed by atoms with E-state index in [9.17, 15) is 0 Å². The zero-order chi connectivity index (χ0) is 11.5. The van der Waals surface area contributed by atoms with Crippen LogP contribution < -0.4 is 10.1 Å². The molecule has 0 bridgehead atoms. The minimum atomic E-state index is 0.778. The Morgan fingerprint density at radius 1 is 1.29 bits per heavy atom. The van der Waals surface area contributed by atoms with Crippen LogP contribution in [0.3, 0.4) is 0 Å². The molecule has 2 heterocycles. The lowest BCUT2D eigenvalue weighted by molar-refractivity contribution is 0.277. The fraction of sp³-hybridized carbons (Fsp3) is 0.538. The van der Waals surface area contributed by atoms with Gasteiger partial charge in [-0.3, -0.25) is 4.90 Å². The third kappa shape index (κ3) is 2.53. The maximum atomic E-state index is 5.80. The third-order valence-electron chi connectivity index (χ3n) is 3.26. The molecule has 2 aliphatic heterocycles. The summed E-state index contributed by atoms with van der Waals surface area (Å²) in [7, 11) is 0. The Morgan fingerprint density at radius 3 is 3.06 bits per heavy atom. The minimum absolute atomic E-state index is 0.778. The molecular formula is C13H18N2OS. The fourth-order valence-electron chi connectivity index (χ4n) is 2.36. The lowest BCUT2D eigenvalue weighted by Gasteiger charge is -2.28. The van der Waals surface area contributed by atoms with Crippen LogP contribution in [0.5, 0.6) is 5.75 Å². The predicted octanol–water partition coefficient (Wildman–Crippen LogP) is 2.04. The van der Waals surface area contributed by atoms with E-state index in [2.05, 4.69) is 40.2 Å². The molecular weight excluding hydrogens is 232 g/mol. The molecule has 1 saturated heterocycles. The predicted molar refractivity (Wildman–Crippen MR) is 73.0 cm³/mol. The molecule has 17 heavy (non-hydrogen) atoms. The van der Waals surface area contributed by atoms with Crippen LogP contribution in [0.4, 0.5) is 5.69 Å². The first-order chi connectivity index (χ1) is 8.43. The number of benzene rings is 1. The number of hydrogen-bond acceptors (Lipinski definition) is 4. The van der Waals surface area contributed by atoms with Crippen LogP contribution in [0.15, 0.2) is 18.2 Å². The molecule has 0 spiro atoms. The van der Waals surface area contributed by atoms with Gasteiger partial charge in [0.15, 0.2) is 0 Å². The molecule has 3 nitrogen and oxygen atoms in total. The molecule has 1 N–H and O–H groups in total. The number of thioether (sulfide) groups is 1. The van der Waals surface area contributed by atoms with E-state index in [1.165, 1.54) is 30.2 Å². The van der Waals surface area contributed by atoms with Crippen molar-refractivity contribution in [2.75, 3.05) is 43.1 Å². The molecule has 2 aliphatic rings. The van der Waals surface area contributed by atoms with Crippen molar-refractivity contribution in [3.05, 3.63) is 23.8 Å². The van der Waals surface area contributed by atoms with Crippen molar-refractivity contribution >= 4 is 17.4 Å². The quantitative estimate of drug-likeness (QED) is 0.868. The number of para-hydroxylation sites is 1. The van der Waals surface area contributed by atoms with E-state index >= 15 is 0 Å². The van der Waals surface area contributed by atoms with E-state index in [0.29, 0.717) is 0 Å². The normalized spacial score (nSPS) is 20.2. The summed E-state index contributed by atoms with van der Waals surface area (Å²) in [6.45, 7) is 5.10. The van der Waals surface area contributed by atoms with E-state index in [0.717, 1.165) is 31.1 Å². The van der Waals surface area contributed by atoms with E-state index in [1.807, 2.05) is 0 Å². The maximum absolute atomic E-state index is 5.80. The Kier molecular flexibility index (Phi) is 3.43. The average molecular weight is 250 g/mol. The lowest BCUT2D eigenvalue weighted by atomic mass is 10.1. The van der Waals surface area contributed by atoms with Gasteiger partial charge in [0.1, 0.15) is 12.4 Å². The summed E-state index contributed by atoms with van der Waals surface area (Å²) in [5.41, 5.74) is 2.47. The van der Waals surface area contributed by atoms with Crippen LogP contribution in [0.25, 0.3) is 0 Å². The van der Waals surface area contributed by atoms with Gasteiger partial charge in [0, 0.05) is 43.2 Å². The zero-order valence-corrected chi connectivity index (χ0v) is 10.8. The highest BCUT2D eigenvalue weighted by Crippen LogP contribution is 2.32. The van der Waals surface area contributed by atoms with Gasteiger partial charge in [-0.2, -0.15) is 11.8 Å². The molecule has 0 unspecified atom stereocenters. The first-order valence-electron chi connectivity index (χ1n) is 6.22. The number of nitrogens with zero attached hydrogens (tertiary/aromatic N) is 1. The second kappa shape index (κ2) is 5.19. The molecule has 1 aromatic rings. The first kappa shape index (κ1) is 11.2. The van der Waals surface area contributed by atoms with Crippen molar-refractivity contribution < 1.29 is 4.74 Å². The summed E-state index contributed by atoms with van der Waals surface area (Å²) in [5.74, 6) is 3.58. The number of rotatable bonds is 2. The van der Waals surface area contributed by atoms with Crippen LogP contribution in [-0.4, -0.2) is 42.6 Å². The summed E-state index contributed by atoms with van der Waals surface area (Å²) in [5, 5.41) is 3.39. The minimum Gasteiger partial charge on any atom is -0.489 e. The molecule has 4 heteroatoms. The van der Waals surface area contributed by atoms with Crippen molar-refractivity contribution in [3.8, 4) is 5.75 Å². The lowest BCUT2D eigenvalue weighted by Crippen LogP contribution is -2.32. The smallest absolute Gasteiger partial charge is 0.146 e. The van der Waals surface area contributed by atoms with E-state index in [-0.39, 0.29) is 0 Å². The van der Waals surface area contributed by atoms with Crippen LogP contribution in [-0.2, 0) is 6.54 Å². The van der Waals surface area contributed by atoms with Crippen molar-refractivity contribution in [2.24, 2.45) is 0 Å². The van der Waals surface area contributed by atoms with E-state index in [1.54, 1.807) is 0 Å². The van der Waals surface area contributed by atoms with Gasteiger partial charge in [0.05, 0.1) is 5.69 Å². The van der Waals surface area contributed by atoms with E-state index < -0.39 is 0 Å².